The number of amides is 2. The van der Waals surface area contributed by atoms with Crippen molar-refractivity contribution >= 4 is 17.5 Å². The van der Waals surface area contributed by atoms with E-state index in [1.165, 1.54) is 6.92 Å². The summed E-state index contributed by atoms with van der Waals surface area (Å²) in [6, 6.07) is 7.29. The number of carbonyl (C=O) groups is 2. The maximum atomic E-state index is 12.2. The van der Waals surface area contributed by atoms with E-state index in [0.29, 0.717) is 23.9 Å². The summed E-state index contributed by atoms with van der Waals surface area (Å²) in [4.78, 5) is 25.3. The van der Waals surface area contributed by atoms with Crippen molar-refractivity contribution in [3.63, 3.8) is 0 Å². The summed E-state index contributed by atoms with van der Waals surface area (Å²) in [6.45, 7) is 9.97. The first-order valence-corrected chi connectivity index (χ1v) is 7.60. The van der Waals surface area contributed by atoms with E-state index in [1.807, 2.05) is 45.9 Å². The van der Waals surface area contributed by atoms with E-state index < -0.39 is 0 Å². The monoisotopic (exact) mass is 306 g/mol. The molecule has 0 saturated heterocycles. The number of carbonyl (C=O) groups excluding carboxylic acids is 2. The Hall–Kier alpha value is -2.04. The van der Waals surface area contributed by atoms with Gasteiger partial charge in [0, 0.05) is 13.5 Å². The first-order chi connectivity index (χ1) is 10.3. The Morgan fingerprint density at radius 1 is 1.18 bits per heavy atom. The van der Waals surface area contributed by atoms with Crippen molar-refractivity contribution in [2.45, 2.75) is 40.7 Å². The second-order valence-corrected chi connectivity index (χ2v) is 6.00. The third kappa shape index (κ3) is 6.16. The van der Waals surface area contributed by atoms with E-state index in [9.17, 15) is 9.59 Å². The lowest BCUT2D eigenvalue weighted by Gasteiger charge is -2.23. The van der Waals surface area contributed by atoms with Crippen LogP contribution >= 0.6 is 0 Å². The van der Waals surface area contributed by atoms with Crippen LogP contribution in [0, 0.1) is 5.92 Å². The van der Waals surface area contributed by atoms with Gasteiger partial charge in [-0.2, -0.15) is 0 Å². The summed E-state index contributed by atoms with van der Waals surface area (Å²) in [5.41, 5.74) is 0.620. The predicted octanol–water partition coefficient (Wildman–Crippen LogP) is 2.92. The Balaban J connectivity index is 2.73. The number of ether oxygens (including phenoxy) is 1. The van der Waals surface area contributed by atoms with Crippen LogP contribution in [-0.2, 0) is 9.59 Å². The molecule has 0 aliphatic rings. The lowest BCUT2D eigenvalue weighted by molar-refractivity contribution is -0.133. The highest BCUT2D eigenvalue weighted by Gasteiger charge is 2.16. The molecule has 122 valence electrons. The van der Waals surface area contributed by atoms with Gasteiger partial charge in [-0.15, -0.1) is 0 Å². The van der Waals surface area contributed by atoms with Gasteiger partial charge in [-0.3, -0.25) is 9.59 Å². The Morgan fingerprint density at radius 3 is 2.36 bits per heavy atom. The Labute approximate surface area is 132 Å². The summed E-state index contributed by atoms with van der Waals surface area (Å²) in [7, 11) is 0. The molecule has 1 N–H and O–H groups in total. The van der Waals surface area contributed by atoms with Crippen molar-refractivity contribution < 1.29 is 14.3 Å². The van der Waals surface area contributed by atoms with Gasteiger partial charge >= 0.3 is 0 Å². The van der Waals surface area contributed by atoms with Crippen molar-refractivity contribution in [1.29, 1.82) is 0 Å². The largest absolute Gasteiger partial charge is 0.489 e. The van der Waals surface area contributed by atoms with E-state index >= 15 is 0 Å². The molecule has 1 aromatic rings. The molecular formula is C17H26N2O3. The molecule has 1 rings (SSSR count). The molecule has 0 radical (unpaired) electrons. The van der Waals surface area contributed by atoms with Gasteiger partial charge in [0.25, 0.3) is 0 Å². The van der Waals surface area contributed by atoms with E-state index in [0.717, 1.165) is 0 Å². The molecule has 0 heterocycles. The molecular weight excluding hydrogens is 280 g/mol. The maximum Gasteiger partial charge on any atom is 0.244 e. The molecule has 22 heavy (non-hydrogen) atoms. The predicted molar refractivity (Wildman–Crippen MR) is 87.9 cm³/mol. The standard InChI is InChI=1S/C17H26N2O3/c1-12(2)10-19(14(5)20)11-17(21)18-15-8-6-7-9-16(15)22-13(3)4/h6-9,12-13H,10-11H2,1-5H3,(H,18,21). The van der Waals surface area contributed by atoms with Gasteiger partial charge in [-0.1, -0.05) is 26.0 Å². The molecule has 0 saturated carbocycles. The summed E-state index contributed by atoms with van der Waals surface area (Å²) < 4.78 is 5.67. The van der Waals surface area contributed by atoms with Crippen molar-refractivity contribution in [2.75, 3.05) is 18.4 Å². The third-order valence-electron chi connectivity index (χ3n) is 2.89. The summed E-state index contributed by atoms with van der Waals surface area (Å²) in [6.07, 6.45) is 0.0210. The fourth-order valence-electron chi connectivity index (χ4n) is 2.03. The molecule has 0 fully saturated rings. The molecule has 0 aliphatic heterocycles. The van der Waals surface area contributed by atoms with Crippen LogP contribution in [0.25, 0.3) is 0 Å². The van der Waals surface area contributed by atoms with E-state index in [4.69, 9.17) is 4.74 Å². The smallest absolute Gasteiger partial charge is 0.244 e. The topological polar surface area (TPSA) is 58.6 Å². The highest BCUT2D eigenvalue weighted by atomic mass is 16.5. The molecule has 1 aromatic carbocycles. The number of para-hydroxylation sites is 2. The fourth-order valence-corrected chi connectivity index (χ4v) is 2.03. The Morgan fingerprint density at radius 2 is 1.82 bits per heavy atom. The zero-order chi connectivity index (χ0) is 16.7. The SMILES string of the molecule is CC(=O)N(CC(=O)Nc1ccccc1OC(C)C)CC(C)C. The zero-order valence-corrected chi connectivity index (χ0v) is 14.1. The van der Waals surface area contributed by atoms with Crippen LogP contribution in [0.1, 0.15) is 34.6 Å². The van der Waals surface area contributed by atoms with Crippen molar-refractivity contribution in [1.82, 2.24) is 4.90 Å². The molecule has 0 aliphatic carbocycles. The average Bonchev–Trinajstić information content (AvgIpc) is 2.39. The molecule has 2 amide bonds. The van der Waals surface area contributed by atoms with Crippen LogP contribution < -0.4 is 10.1 Å². The molecule has 0 aromatic heterocycles. The molecule has 0 unspecified atom stereocenters. The maximum absolute atomic E-state index is 12.2. The van der Waals surface area contributed by atoms with Crippen LogP contribution in [0.5, 0.6) is 5.75 Å². The molecule has 0 bridgehead atoms. The molecule has 0 atom stereocenters. The van der Waals surface area contributed by atoms with Gasteiger partial charge in [-0.25, -0.2) is 0 Å². The van der Waals surface area contributed by atoms with Crippen LogP contribution in [0.4, 0.5) is 5.69 Å². The minimum atomic E-state index is -0.226. The fraction of sp³-hybridized carbons (Fsp3) is 0.529. The van der Waals surface area contributed by atoms with Crippen LogP contribution in [0.15, 0.2) is 24.3 Å². The van der Waals surface area contributed by atoms with Crippen molar-refractivity contribution in [3.8, 4) is 5.75 Å². The van der Waals surface area contributed by atoms with Gasteiger partial charge in [0.2, 0.25) is 11.8 Å². The zero-order valence-electron chi connectivity index (χ0n) is 14.1. The van der Waals surface area contributed by atoms with E-state index in [1.54, 1.807) is 11.0 Å². The van der Waals surface area contributed by atoms with Crippen LogP contribution in [0.3, 0.4) is 0 Å². The minimum absolute atomic E-state index is 0.0210. The highest BCUT2D eigenvalue weighted by Crippen LogP contribution is 2.24. The normalized spacial score (nSPS) is 10.7. The Kier molecular flexibility index (Phi) is 6.89. The third-order valence-corrected chi connectivity index (χ3v) is 2.89. The lowest BCUT2D eigenvalue weighted by atomic mass is 10.2. The van der Waals surface area contributed by atoms with Crippen LogP contribution in [-0.4, -0.2) is 35.9 Å². The number of benzene rings is 1. The Bertz CT molecular complexity index is 512. The summed E-state index contributed by atoms with van der Waals surface area (Å²) in [5.74, 6) is 0.614. The van der Waals surface area contributed by atoms with Gasteiger partial charge < -0.3 is 15.0 Å². The summed E-state index contributed by atoms with van der Waals surface area (Å²) >= 11 is 0. The lowest BCUT2D eigenvalue weighted by Crippen LogP contribution is -2.38. The van der Waals surface area contributed by atoms with Crippen molar-refractivity contribution in [3.05, 3.63) is 24.3 Å². The number of nitrogens with one attached hydrogen (secondary N) is 1. The van der Waals surface area contributed by atoms with Gasteiger partial charge in [-0.05, 0) is 31.9 Å². The average molecular weight is 306 g/mol. The second kappa shape index (κ2) is 8.41. The number of rotatable bonds is 7. The van der Waals surface area contributed by atoms with Gasteiger partial charge in [0.05, 0.1) is 18.3 Å². The van der Waals surface area contributed by atoms with Crippen LogP contribution in [0.2, 0.25) is 0 Å². The highest BCUT2D eigenvalue weighted by molar-refractivity contribution is 5.95. The summed E-state index contributed by atoms with van der Waals surface area (Å²) in [5, 5.41) is 2.82. The molecule has 0 spiro atoms. The van der Waals surface area contributed by atoms with E-state index in [-0.39, 0.29) is 24.5 Å². The number of hydrogen-bond donors (Lipinski definition) is 1. The quantitative estimate of drug-likeness (QED) is 0.842. The number of nitrogens with zero attached hydrogens (tertiary/aromatic N) is 1. The van der Waals surface area contributed by atoms with E-state index in [2.05, 4.69) is 5.32 Å². The molecule has 5 heteroatoms. The van der Waals surface area contributed by atoms with Crippen molar-refractivity contribution in [2.24, 2.45) is 5.92 Å². The van der Waals surface area contributed by atoms with Gasteiger partial charge in [0.1, 0.15) is 5.75 Å². The first kappa shape index (κ1) is 18.0. The first-order valence-electron chi connectivity index (χ1n) is 7.60. The minimum Gasteiger partial charge on any atom is -0.489 e. The molecule has 5 nitrogen and oxygen atoms in total. The second-order valence-electron chi connectivity index (χ2n) is 6.00. The number of hydrogen-bond acceptors (Lipinski definition) is 3. The van der Waals surface area contributed by atoms with Gasteiger partial charge in [0.15, 0.2) is 0 Å². The number of anilines is 1.